The van der Waals surface area contributed by atoms with Gasteiger partial charge in [-0.2, -0.15) is 0 Å². The molecule has 0 aromatic carbocycles. The normalized spacial score (nSPS) is 19.1. The van der Waals surface area contributed by atoms with Crippen LogP contribution in [0.4, 0.5) is 0 Å². The van der Waals surface area contributed by atoms with Gasteiger partial charge in [0.15, 0.2) is 0 Å². The average molecular weight is 242 g/mol. The summed E-state index contributed by atoms with van der Waals surface area (Å²) in [5.41, 5.74) is 0. The molecule has 0 spiro atoms. The maximum absolute atomic E-state index is 2.61. The standard InChI is InChI=1S/C14H30N2.CH4/c1-12(2)10-15(5)11-14-6-8-16(9-7-14)13(3)4;/h12-14H,6-11H2,1-5H3;1H4. The lowest BCUT2D eigenvalue weighted by Gasteiger charge is -2.36. The third-order valence-electron chi connectivity index (χ3n) is 3.63. The minimum absolute atomic E-state index is 0. The summed E-state index contributed by atoms with van der Waals surface area (Å²) in [5.74, 6) is 1.72. The quantitative estimate of drug-likeness (QED) is 0.729. The smallest absolute Gasteiger partial charge is 0.00385 e. The Morgan fingerprint density at radius 3 is 2.06 bits per heavy atom. The van der Waals surface area contributed by atoms with Crippen molar-refractivity contribution < 1.29 is 0 Å². The second-order valence-corrected chi connectivity index (χ2v) is 6.19. The van der Waals surface area contributed by atoms with E-state index in [1.165, 1.54) is 39.0 Å². The fraction of sp³-hybridized carbons (Fsp3) is 1.00. The zero-order valence-corrected chi connectivity index (χ0v) is 11.9. The molecule has 0 atom stereocenters. The third kappa shape index (κ3) is 6.42. The van der Waals surface area contributed by atoms with Crippen LogP contribution in [0, 0.1) is 11.8 Å². The van der Waals surface area contributed by atoms with Gasteiger partial charge in [-0.3, -0.25) is 0 Å². The van der Waals surface area contributed by atoms with E-state index in [1.807, 2.05) is 0 Å². The van der Waals surface area contributed by atoms with E-state index >= 15 is 0 Å². The molecule has 1 rings (SSSR count). The first kappa shape index (κ1) is 16.9. The number of piperidine rings is 1. The first-order valence-corrected chi connectivity index (χ1v) is 6.91. The van der Waals surface area contributed by atoms with Gasteiger partial charge in [0.25, 0.3) is 0 Å². The van der Waals surface area contributed by atoms with Crippen LogP contribution >= 0.6 is 0 Å². The van der Waals surface area contributed by atoms with Crippen LogP contribution in [-0.2, 0) is 0 Å². The van der Waals surface area contributed by atoms with E-state index in [0.29, 0.717) is 0 Å². The van der Waals surface area contributed by atoms with Crippen molar-refractivity contribution in [3.63, 3.8) is 0 Å². The highest BCUT2D eigenvalue weighted by Gasteiger charge is 2.21. The topological polar surface area (TPSA) is 6.48 Å². The molecule has 0 amide bonds. The Morgan fingerprint density at radius 1 is 1.12 bits per heavy atom. The van der Waals surface area contributed by atoms with Gasteiger partial charge in [0, 0.05) is 19.1 Å². The van der Waals surface area contributed by atoms with Crippen LogP contribution in [-0.4, -0.2) is 49.1 Å². The van der Waals surface area contributed by atoms with Crippen molar-refractivity contribution in [1.82, 2.24) is 9.80 Å². The minimum atomic E-state index is 0. The Kier molecular flexibility index (Phi) is 8.06. The minimum Gasteiger partial charge on any atom is -0.306 e. The molecule has 1 saturated heterocycles. The number of nitrogens with zero attached hydrogens (tertiary/aromatic N) is 2. The molecule has 104 valence electrons. The lowest BCUT2D eigenvalue weighted by Crippen LogP contribution is -2.41. The first-order valence-electron chi connectivity index (χ1n) is 6.91. The Labute approximate surface area is 109 Å². The molecule has 2 nitrogen and oxygen atoms in total. The molecule has 1 aliphatic rings. The highest BCUT2D eigenvalue weighted by Crippen LogP contribution is 2.19. The molecule has 2 heteroatoms. The highest BCUT2D eigenvalue weighted by atomic mass is 15.2. The molecule has 0 unspecified atom stereocenters. The molecule has 0 aliphatic carbocycles. The molecular formula is C15H34N2. The molecule has 17 heavy (non-hydrogen) atoms. The molecule has 1 aliphatic heterocycles. The Bertz CT molecular complexity index is 181. The van der Waals surface area contributed by atoms with Crippen molar-refractivity contribution in [2.45, 2.75) is 54.0 Å². The van der Waals surface area contributed by atoms with Gasteiger partial charge in [-0.15, -0.1) is 0 Å². The fourth-order valence-electron chi connectivity index (χ4n) is 2.79. The van der Waals surface area contributed by atoms with Crippen LogP contribution in [0.5, 0.6) is 0 Å². The van der Waals surface area contributed by atoms with Crippen molar-refractivity contribution in [2.24, 2.45) is 11.8 Å². The second kappa shape index (κ2) is 8.10. The summed E-state index contributed by atoms with van der Waals surface area (Å²) < 4.78 is 0. The van der Waals surface area contributed by atoms with Crippen molar-refractivity contribution in [2.75, 3.05) is 33.2 Å². The highest BCUT2D eigenvalue weighted by molar-refractivity contribution is 4.76. The second-order valence-electron chi connectivity index (χ2n) is 6.19. The third-order valence-corrected chi connectivity index (χ3v) is 3.63. The van der Waals surface area contributed by atoms with Crippen molar-refractivity contribution >= 4 is 0 Å². The van der Waals surface area contributed by atoms with Crippen LogP contribution in [0.15, 0.2) is 0 Å². The van der Waals surface area contributed by atoms with Gasteiger partial charge in [0.05, 0.1) is 0 Å². The number of rotatable bonds is 5. The Hall–Kier alpha value is -0.0800. The molecule has 0 radical (unpaired) electrons. The van der Waals surface area contributed by atoms with Gasteiger partial charge in [-0.05, 0) is 58.7 Å². The lowest BCUT2D eigenvalue weighted by molar-refractivity contribution is 0.126. The number of hydrogen-bond acceptors (Lipinski definition) is 2. The van der Waals surface area contributed by atoms with E-state index in [1.54, 1.807) is 0 Å². The van der Waals surface area contributed by atoms with Gasteiger partial charge in [0.1, 0.15) is 0 Å². The summed E-state index contributed by atoms with van der Waals surface area (Å²) in [6.45, 7) is 14.4. The molecule has 0 aromatic heterocycles. The summed E-state index contributed by atoms with van der Waals surface area (Å²) >= 11 is 0. The van der Waals surface area contributed by atoms with Gasteiger partial charge in [-0.25, -0.2) is 0 Å². The van der Waals surface area contributed by atoms with Crippen molar-refractivity contribution in [1.29, 1.82) is 0 Å². The van der Waals surface area contributed by atoms with E-state index in [-0.39, 0.29) is 7.43 Å². The molecule has 1 heterocycles. The van der Waals surface area contributed by atoms with Crippen LogP contribution < -0.4 is 0 Å². The van der Waals surface area contributed by atoms with E-state index in [0.717, 1.165) is 17.9 Å². The summed E-state index contributed by atoms with van der Waals surface area (Å²) in [5, 5.41) is 0. The zero-order valence-electron chi connectivity index (χ0n) is 11.9. The summed E-state index contributed by atoms with van der Waals surface area (Å²) in [6, 6.07) is 0.731. The summed E-state index contributed by atoms with van der Waals surface area (Å²) in [4.78, 5) is 5.12. The molecule has 0 N–H and O–H groups in total. The molecular weight excluding hydrogens is 208 g/mol. The van der Waals surface area contributed by atoms with E-state index in [4.69, 9.17) is 0 Å². The van der Waals surface area contributed by atoms with Gasteiger partial charge < -0.3 is 9.80 Å². The van der Waals surface area contributed by atoms with Crippen LogP contribution in [0.2, 0.25) is 0 Å². The van der Waals surface area contributed by atoms with Gasteiger partial charge in [-0.1, -0.05) is 21.3 Å². The van der Waals surface area contributed by atoms with E-state index in [2.05, 4.69) is 44.5 Å². The zero-order chi connectivity index (χ0) is 12.1. The largest absolute Gasteiger partial charge is 0.306 e. The van der Waals surface area contributed by atoms with E-state index < -0.39 is 0 Å². The molecule has 1 fully saturated rings. The maximum atomic E-state index is 2.61. The molecule has 0 saturated carbocycles. The average Bonchev–Trinajstić information content (AvgIpc) is 2.16. The van der Waals surface area contributed by atoms with Crippen molar-refractivity contribution in [3.8, 4) is 0 Å². The summed E-state index contributed by atoms with van der Waals surface area (Å²) in [6.07, 6.45) is 2.78. The SMILES string of the molecule is C.CC(C)CN(C)CC1CCN(C(C)C)CC1. The number of likely N-dealkylation sites (tertiary alicyclic amines) is 1. The van der Waals surface area contributed by atoms with Crippen LogP contribution in [0.1, 0.15) is 48.0 Å². The van der Waals surface area contributed by atoms with Crippen LogP contribution in [0.25, 0.3) is 0 Å². The predicted octanol–water partition coefficient (Wildman–Crippen LogP) is 3.33. The lowest BCUT2D eigenvalue weighted by atomic mass is 9.95. The van der Waals surface area contributed by atoms with Gasteiger partial charge >= 0.3 is 0 Å². The van der Waals surface area contributed by atoms with Gasteiger partial charge in [0.2, 0.25) is 0 Å². The van der Waals surface area contributed by atoms with E-state index in [9.17, 15) is 0 Å². The monoisotopic (exact) mass is 242 g/mol. The fourth-order valence-corrected chi connectivity index (χ4v) is 2.79. The molecule has 0 aromatic rings. The Morgan fingerprint density at radius 2 is 1.65 bits per heavy atom. The first-order chi connectivity index (χ1) is 7.49. The summed E-state index contributed by atoms with van der Waals surface area (Å²) in [7, 11) is 2.27. The van der Waals surface area contributed by atoms with Crippen LogP contribution in [0.3, 0.4) is 0 Å². The number of hydrogen-bond donors (Lipinski definition) is 0. The maximum Gasteiger partial charge on any atom is 0.00385 e. The predicted molar refractivity (Wildman–Crippen MR) is 78.5 cm³/mol. The molecule has 0 bridgehead atoms. The Balaban J connectivity index is 0.00000256. The van der Waals surface area contributed by atoms with Crippen molar-refractivity contribution in [3.05, 3.63) is 0 Å².